The fourth-order valence-corrected chi connectivity index (χ4v) is 0.0884. The van der Waals surface area contributed by atoms with Crippen molar-refractivity contribution in [1.82, 2.24) is 0 Å². The normalized spacial score (nSPS) is 18.9. The fraction of sp³-hybridized carbons (Fsp3) is 1.00. The Labute approximate surface area is 40.6 Å². The lowest BCUT2D eigenvalue weighted by molar-refractivity contribution is -1.54. The maximum absolute atomic E-state index is 9.94. The van der Waals surface area contributed by atoms with Crippen LogP contribution in [-0.4, -0.2) is 7.05 Å². The summed E-state index contributed by atoms with van der Waals surface area (Å²) in [7, 11) is 1.30. The van der Waals surface area contributed by atoms with Crippen molar-refractivity contribution in [2.24, 2.45) is 5.90 Å². The molecule has 44 valence electrons. The highest BCUT2D eigenvalue weighted by atomic mass is 17.0. The summed E-state index contributed by atoms with van der Waals surface area (Å²) < 4.78 is 0. The highest BCUT2D eigenvalue weighted by molar-refractivity contribution is 3.84. The summed E-state index contributed by atoms with van der Waals surface area (Å²) in [4.78, 5) is 3.65. The second-order valence-corrected chi connectivity index (χ2v) is 1.03. The van der Waals surface area contributed by atoms with Crippen LogP contribution in [0.25, 0.3) is 5.84 Å². The average molecular weight is 108 g/mol. The number of nitrogens with two attached hydrogens (primary N) is 1. The van der Waals surface area contributed by atoms with E-state index in [2.05, 4.69) is 10.8 Å². The van der Waals surface area contributed by atoms with Crippen LogP contribution in [0.1, 0.15) is 0 Å². The highest BCUT2D eigenvalue weighted by Gasteiger charge is 1.91. The molecule has 6 nitrogen and oxygen atoms in total. The minimum Gasteiger partial charge on any atom is -0.548 e. The van der Waals surface area contributed by atoms with Gasteiger partial charge in [0.2, 0.25) is 0 Å². The van der Waals surface area contributed by atoms with Gasteiger partial charge in [0.05, 0.1) is 0 Å². The van der Waals surface area contributed by atoms with Crippen LogP contribution in [0.15, 0.2) is 0 Å². The van der Waals surface area contributed by atoms with Crippen molar-refractivity contribution in [3.05, 3.63) is 11.0 Å². The van der Waals surface area contributed by atoms with Gasteiger partial charge in [-0.15, -0.1) is 0 Å². The Balaban J connectivity index is 3.14. The summed E-state index contributed by atoms with van der Waals surface area (Å²) in [6.07, 6.45) is 0. The molecule has 7 heavy (non-hydrogen) atoms. The topological polar surface area (TPSA) is 91.0 Å². The molecule has 6 heteroatoms. The van der Waals surface area contributed by atoms with Crippen molar-refractivity contribution in [2.75, 3.05) is 7.05 Å². The first-order chi connectivity index (χ1) is 3.18. The van der Waals surface area contributed by atoms with Gasteiger partial charge in [0.15, 0.2) is 0 Å². The monoisotopic (exact) mass is 108 g/mol. The van der Waals surface area contributed by atoms with Gasteiger partial charge >= 0.3 is 0 Å². The largest absolute Gasteiger partial charge is 0.548 e. The van der Waals surface area contributed by atoms with Crippen LogP contribution < -0.4 is 16.4 Å². The van der Waals surface area contributed by atoms with E-state index in [1.807, 2.05) is 0 Å². The summed E-state index contributed by atoms with van der Waals surface area (Å²) in [6, 6.07) is 0. The molecule has 0 saturated heterocycles. The molecule has 2 unspecified atom stereocenters. The number of quaternary nitrogens is 2. The molecule has 0 rings (SSSR count). The predicted octanol–water partition coefficient (Wildman–Crippen LogP) is -3.43. The molecule has 0 aliphatic rings. The van der Waals surface area contributed by atoms with Gasteiger partial charge in [0.1, 0.15) is 7.05 Å². The minimum atomic E-state index is -0.792. The SMILES string of the molecule is C[NH+]([NH-])[NH+]([O-])ON. The lowest BCUT2D eigenvalue weighted by atomic mass is 11.4. The molecular weight excluding hydrogens is 100 g/mol. The minimum absolute atomic E-state index is 0.192. The van der Waals surface area contributed by atoms with Gasteiger partial charge in [0.25, 0.3) is 0 Å². The molecule has 0 aliphatic carbocycles. The first-order valence-corrected chi connectivity index (χ1v) is 1.64. The second kappa shape index (κ2) is 2.86. The Morgan fingerprint density at radius 1 is 1.86 bits per heavy atom. The molecule has 0 heterocycles. The predicted molar refractivity (Wildman–Crippen MR) is 20.8 cm³/mol. The molecule has 0 bridgehead atoms. The molecule has 0 aromatic rings. The molecule has 0 fully saturated rings. The lowest BCUT2D eigenvalue weighted by Crippen LogP contribution is -3.53. The number of rotatable bonds is 2. The van der Waals surface area contributed by atoms with Crippen LogP contribution >= 0.6 is 0 Å². The van der Waals surface area contributed by atoms with E-state index in [4.69, 9.17) is 5.84 Å². The Kier molecular flexibility index (Phi) is 2.76. The van der Waals surface area contributed by atoms with E-state index in [9.17, 15) is 5.21 Å². The highest BCUT2D eigenvalue weighted by Crippen LogP contribution is 1.15. The quantitative estimate of drug-likeness (QED) is 0.321. The van der Waals surface area contributed by atoms with Crippen LogP contribution in [0.2, 0.25) is 0 Å². The fourth-order valence-electron chi connectivity index (χ4n) is 0.0884. The molecule has 0 aromatic heterocycles. The van der Waals surface area contributed by atoms with Crippen molar-refractivity contribution in [2.45, 2.75) is 0 Å². The lowest BCUT2D eigenvalue weighted by Gasteiger charge is -2.23. The summed E-state index contributed by atoms with van der Waals surface area (Å²) in [5.41, 5.74) is 0. The van der Waals surface area contributed by atoms with Gasteiger partial charge in [-0.3, -0.25) is 0 Å². The third-order valence-corrected chi connectivity index (χ3v) is 0.413. The summed E-state index contributed by atoms with van der Waals surface area (Å²) in [5, 5.41) is 8.96. The molecule has 0 radical (unpaired) electrons. The first-order valence-electron chi connectivity index (χ1n) is 1.64. The molecule has 0 amide bonds. The number of nitrogens with one attached hydrogen (secondary N) is 3. The Bertz CT molecular complexity index is 47.0. The molecule has 0 spiro atoms. The van der Waals surface area contributed by atoms with Crippen LogP contribution in [0, 0.1) is 5.21 Å². The Hall–Kier alpha value is -0.240. The van der Waals surface area contributed by atoms with Gasteiger partial charge in [0, 0.05) is 0 Å². The molecule has 5 N–H and O–H groups in total. The molecule has 0 saturated carbocycles. The van der Waals surface area contributed by atoms with E-state index in [0.29, 0.717) is 0 Å². The van der Waals surface area contributed by atoms with Crippen molar-refractivity contribution in [1.29, 1.82) is 0 Å². The molecule has 0 aliphatic heterocycles. The van der Waals surface area contributed by atoms with Gasteiger partial charge in [-0.1, -0.05) is 10.3 Å². The summed E-state index contributed by atoms with van der Waals surface area (Å²) in [5.74, 6) is 10.9. The van der Waals surface area contributed by atoms with Gasteiger partial charge in [-0.2, -0.15) is 5.90 Å². The Morgan fingerprint density at radius 3 is 2.29 bits per heavy atom. The van der Waals surface area contributed by atoms with Crippen molar-refractivity contribution in [3.63, 3.8) is 0 Å². The maximum atomic E-state index is 9.94. The van der Waals surface area contributed by atoms with Crippen LogP contribution in [-0.2, 0) is 4.94 Å². The van der Waals surface area contributed by atoms with Gasteiger partial charge in [-0.25, -0.2) is 5.12 Å². The third-order valence-electron chi connectivity index (χ3n) is 0.413. The molecule has 0 aromatic carbocycles. The van der Waals surface area contributed by atoms with Crippen molar-refractivity contribution < 1.29 is 15.4 Å². The van der Waals surface area contributed by atoms with E-state index in [0.717, 1.165) is 0 Å². The standard InChI is InChI=1S/CH8N4O2/c1-4(2)5(6)7-3/h2,4-5H,3H2,1H3. The third kappa shape index (κ3) is 2.45. The average Bonchev–Trinajstić information content (AvgIpc) is 1.65. The smallest absolute Gasteiger partial charge is 0.103 e. The van der Waals surface area contributed by atoms with Crippen LogP contribution in [0.3, 0.4) is 0 Å². The summed E-state index contributed by atoms with van der Waals surface area (Å²) >= 11 is 0. The van der Waals surface area contributed by atoms with E-state index in [-0.39, 0.29) is 5.12 Å². The maximum Gasteiger partial charge on any atom is 0.103 e. The van der Waals surface area contributed by atoms with Crippen molar-refractivity contribution >= 4 is 0 Å². The summed E-state index contributed by atoms with van der Waals surface area (Å²) in [6.45, 7) is 0. The Morgan fingerprint density at radius 2 is 2.29 bits per heavy atom. The van der Waals surface area contributed by atoms with Crippen LogP contribution in [0.5, 0.6) is 0 Å². The first kappa shape index (κ1) is 6.76. The molecule has 2 atom stereocenters. The van der Waals surface area contributed by atoms with Crippen LogP contribution in [0.4, 0.5) is 0 Å². The zero-order chi connectivity index (χ0) is 5.86. The zero-order valence-electron chi connectivity index (χ0n) is 3.89. The van der Waals surface area contributed by atoms with E-state index in [1.165, 1.54) is 7.05 Å². The zero-order valence-corrected chi connectivity index (χ0v) is 3.89. The van der Waals surface area contributed by atoms with Crippen molar-refractivity contribution in [3.8, 4) is 0 Å². The van der Waals surface area contributed by atoms with E-state index < -0.39 is 5.34 Å². The number of hydrogen-bond acceptors (Lipinski definition) is 3. The number of hydrogen-bond donors (Lipinski definition) is 3. The van der Waals surface area contributed by atoms with Gasteiger partial charge < -0.3 is 11.0 Å². The van der Waals surface area contributed by atoms with E-state index in [1.54, 1.807) is 0 Å². The molecular formula is CH8N4O2. The van der Waals surface area contributed by atoms with Gasteiger partial charge in [-0.05, 0) is 0 Å². The second-order valence-electron chi connectivity index (χ2n) is 1.03. The van der Waals surface area contributed by atoms with E-state index >= 15 is 0 Å².